The van der Waals surface area contributed by atoms with Crippen molar-refractivity contribution in [1.82, 2.24) is 4.98 Å². The lowest BCUT2D eigenvalue weighted by molar-refractivity contribution is 1.36. The lowest BCUT2D eigenvalue weighted by atomic mass is 10.1. The highest BCUT2D eigenvalue weighted by molar-refractivity contribution is 5.95. The summed E-state index contributed by atoms with van der Waals surface area (Å²) < 4.78 is 0. The number of nitrogens with one attached hydrogen (secondary N) is 1. The molecule has 0 saturated carbocycles. The Labute approximate surface area is 142 Å². The van der Waals surface area contributed by atoms with Gasteiger partial charge < -0.3 is 11.5 Å². The highest BCUT2D eigenvalue weighted by Gasteiger charge is 2.03. The zero-order chi connectivity index (χ0) is 17.5. The second kappa shape index (κ2) is 7.80. The van der Waals surface area contributed by atoms with Gasteiger partial charge >= 0.3 is 0 Å². The van der Waals surface area contributed by atoms with Crippen molar-refractivity contribution in [1.29, 1.82) is 5.41 Å². The second-order valence-electron chi connectivity index (χ2n) is 4.85. The van der Waals surface area contributed by atoms with Crippen LogP contribution in [-0.4, -0.2) is 10.8 Å². The van der Waals surface area contributed by atoms with Gasteiger partial charge in [-0.3, -0.25) is 5.41 Å². The number of hydrogen-bond acceptors (Lipinski definition) is 3. The Morgan fingerprint density at radius 1 is 1.00 bits per heavy atom. The van der Waals surface area contributed by atoms with Gasteiger partial charge in [-0.05, 0) is 12.1 Å². The van der Waals surface area contributed by atoms with Crippen molar-refractivity contribution in [2.75, 3.05) is 5.73 Å². The maximum atomic E-state index is 7.38. The molecule has 5 N–H and O–H groups in total. The van der Waals surface area contributed by atoms with Crippen LogP contribution in [0.25, 0.3) is 10.8 Å². The maximum Gasteiger partial charge on any atom is 0.139 e. The van der Waals surface area contributed by atoms with E-state index < -0.39 is 0 Å². The predicted molar refractivity (Wildman–Crippen MR) is 101 cm³/mol. The number of anilines is 1. The SMILES string of the molecule is CC.N=C(N)c1ccc(C#Cc2c(N)ncc3ccccc23)cc1. The van der Waals surface area contributed by atoms with Crippen molar-refractivity contribution in [2.45, 2.75) is 13.8 Å². The summed E-state index contributed by atoms with van der Waals surface area (Å²) in [5.41, 5.74) is 13.6. The number of benzene rings is 2. The van der Waals surface area contributed by atoms with Gasteiger partial charge in [0.25, 0.3) is 0 Å². The van der Waals surface area contributed by atoms with Gasteiger partial charge in [0.2, 0.25) is 0 Å². The number of nitrogens with two attached hydrogens (primary N) is 2. The van der Waals surface area contributed by atoms with Gasteiger partial charge in [-0.15, -0.1) is 0 Å². The number of amidine groups is 1. The van der Waals surface area contributed by atoms with E-state index in [2.05, 4.69) is 16.8 Å². The molecule has 2 aromatic carbocycles. The smallest absolute Gasteiger partial charge is 0.139 e. The van der Waals surface area contributed by atoms with Crippen LogP contribution in [0.1, 0.15) is 30.5 Å². The molecule has 0 aliphatic carbocycles. The van der Waals surface area contributed by atoms with Crippen molar-refractivity contribution < 1.29 is 0 Å². The van der Waals surface area contributed by atoms with Crippen LogP contribution in [0.2, 0.25) is 0 Å². The lowest BCUT2D eigenvalue weighted by Crippen LogP contribution is -2.10. The Morgan fingerprint density at radius 2 is 1.67 bits per heavy atom. The number of nitrogens with zero attached hydrogens (tertiary/aromatic N) is 1. The number of fused-ring (bicyclic) bond motifs is 1. The standard InChI is InChI=1S/C18H14N4.C2H6/c19-17(20)13-8-5-12(6-9-13)7-10-16-15-4-2-1-3-14(15)11-22-18(16)21;1-2/h1-6,8-9,11H,(H3,19,20)(H2,21,22);1-2H3. The molecule has 0 unspecified atom stereocenters. The first kappa shape index (κ1) is 17.0. The molecule has 0 saturated heterocycles. The molecule has 120 valence electrons. The van der Waals surface area contributed by atoms with Crippen LogP contribution in [0.3, 0.4) is 0 Å². The molecule has 3 rings (SSSR count). The molecular formula is C20H20N4. The van der Waals surface area contributed by atoms with Gasteiger partial charge in [0, 0.05) is 28.1 Å². The predicted octanol–water partition coefficient (Wildman–Crippen LogP) is 3.53. The van der Waals surface area contributed by atoms with Crippen LogP contribution < -0.4 is 11.5 Å². The number of aromatic nitrogens is 1. The van der Waals surface area contributed by atoms with Crippen LogP contribution in [0.15, 0.2) is 54.7 Å². The van der Waals surface area contributed by atoms with Gasteiger partial charge in [-0.1, -0.05) is 62.1 Å². The van der Waals surface area contributed by atoms with Crippen LogP contribution >= 0.6 is 0 Å². The zero-order valence-corrected chi connectivity index (χ0v) is 13.8. The van der Waals surface area contributed by atoms with Crippen molar-refractivity contribution >= 4 is 22.4 Å². The number of pyridine rings is 1. The number of hydrogen-bond donors (Lipinski definition) is 3. The van der Waals surface area contributed by atoms with Gasteiger partial charge in [0.15, 0.2) is 0 Å². The molecule has 0 atom stereocenters. The van der Waals surface area contributed by atoms with E-state index in [4.69, 9.17) is 16.9 Å². The Morgan fingerprint density at radius 3 is 2.33 bits per heavy atom. The van der Waals surface area contributed by atoms with Crippen LogP contribution in [0.5, 0.6) is 0 Å². The first-order chi connectivity index (χ1) is 11.6. The van der Waals surface area contributed by atoms with Crippen molar-refractivity contribution in [3.8, 4) is 11.8 Å². The van der Waals surface area contributed by atoms with E-state index in [1.807, 2.05) is 50.2 Å². The minimum absolute atomic E-state index is 0.0435. The fourth-order valence-corrected chi connectivity index (χ4v) is 2.18. The topological polar surface area (TPSA) is 88.8 Å². The quantitative estimate of drug-likeness (QED) is 0.364. The Hall–Kier alpha value is -3.32. The van der Waals surface area contributed by atoms with Crippen LogP contribution in [0.4, 0.5) is 5.82 Å². The van der Waals surface area contributed by atoms with Gasteiger partial charge in [0.1, 0.15) is 11.7 Å². The first-order valence-corrected chi connectivity index (χ1v) is 7.75. The number of rotatable bonds is 1. The van der Waals surface area contributed by atoms with Gasteiger partial charge in [-0.25, -0.2) is 4.98 Å². The summed E-state index contributed by atoms with van der Waals surface area (Å²) in [6, 6.07) is 15.1. The summed E-state index contributed by atoms with van der Waals surface area (Å²) in [7, 11) is 0. The third-order valence-electron chi connectivity index (χ3n) is 3.36. The molecule has 0 radical (unpaired) electrons. The molecule has 1 aromatic heterocycles. The van der Waals surface area contributed by atoms with E-state index in [1.165, 1.54) is 0 Å². The van der Waals surface area contributed by atoms with Crippen molar-refractivity contribution in [2.24, 2.45) is 5.73 Å². The highest BCUT2D eigenvalue weighted by Crippen LogP contribution is 2.21. The highest BCUT2D eigenvalue weighted by atomic mass is 14.8. The van der Waals surface area contributed by atoms with E-state index in [-0.39, 0.29) is 5.84 Å². The summed E-state index contributed by atoms with van der Waals surface area (Å²) in [5, 5.41) is 9.37. The monoisotopic (exact) mass is 316 g/mol. The average molecular weight is 316 g/mol. The third kappa shape index (κ3) is 3.71. The molecule has 0 aliphatic heterocycles. The molecule has 4 heteroatoms. The molecular weight excluding hydrogens is 296 g/mol. The fourth-order valence-electron chi connectivity index (χ4n) is 2.18. The molecule has 0 bridgehead atoms. The van der Waals surface area contributed by atoms with Gasteiger partial charge in [-0.2, -0.15) is 0 Å². The minimum atomic E-state index is 0.0435. The van der Waals surface area contributed by atoms with E-state index in [0.29, 0.717) is 11.4 Å². The normalized spacial score (nSPS) is 9.42. The molecule has 0 fully saturated rings. The minimum Gasteiger partial charge on any atom is -0.384 e. The van der Waals surface area contributed by atoms with Crippen LogP contribution in [-0.2, 0) is 0 Å². The van der Waals surface area contributed by atoms with E-state index in [1.54, 1.807) is 18.3 Å². The Bertz CT molecular complexity index is 916. The molecule has 4 nitrogen and oxygen atoms in total. The molecule has 24 heavy (non-hydrogen) atoms. The maximum absolute atomic E-state index is 7.38. The molecule has 3 aromatic rings. The van der Waals surface area contributed by atoms with Crippen molar-refractivity contribution in [3.05, 3.63) is 71.4 Å². The van der Waals surface area contributed by atoms with E-state index >= 15 is 0 Å². The number of nitrogen functional groups attached to an aromatic ring is 2. The molecule has 0 spiro atoms. The summed E-state index contributed by atoms with van der Waals surface area (Å²) in [6.07, 6.45) is 1.75. The summed E-state index contributed by atoms with van der Waals surface area (Å²) >= 11 is 0. The van der Waals surface area contributed by atoms with Crippen LogP contribution in [0, 0.1) is 17.3 Å². The zero-order valence-electron chi connectivity index (χ0n) is 13.8. The summed E-state index contributed by atoms with van der Waals surface area (Å²) in [6.45, 7) is 4.00. The molecule has 1 heterocycles. The Kier molecular flexibility index (Phi) is 5.54. The lowest BCUT2D eigenvalue weighted by Gasteiger charge is -2.03. The largest absolute Gasteiger partial charge is 0.384 e. The Balaban J connectivity index is 0.00000100. The third-order valence-corrected chi connectivity index (χ3v) is 3.36. The van der Waals surface area contributed by atoms with Crippen molar-refractivity contribution in [3.63, 3.8) is 0 Å². The molecule has 0 aliphatic rings. The van der Waals surface area contributed by atoms with Gasteiger partial charge in [0.05, 0.1) is 5.56 Å². The molecule has 0 amide bonds. The average Bonchev–Trinajstić information content (AvgIpc) is 2.63. The summed E-state index contributed by atoms with van der Waals surface area (Å²) in [5.74, 6) is 6.64. The second-order valence-corrected chi connectivity index (χ2v) is 4.85. The van der Waals surface area contributed by atoms with E-state index in [9.17, 15) is 0 Å². The first-order valence-electron chi connectivity index (χ1n) is 7.75. The summed E-state index contributed by atoms with van der Waals surface area (Å²) in [4.78, 5) is 4.19. The van der Waals surface area contributed by atoms with E-state index in [0.717, 1.165) is 21.9 Å². The fraction of sp³-hybridized carbons (Fsp3) is 0.100.